The van der Waals surface area contributed by atoms with Gasteiger partial charge in [-0.05, 0) is 28.8 Å². The van der Waals surface area contributed by atoms with Crippen LogP contribution in [-0.2, 0) is 0 Å². The van der Waals surface area contributed by atoms with Crippen molar-refractivity contribution in [3.63, 3.8) is 0 Å². The van der Waals surface area contributed by atoms with Gasteiger partial charge in [0, 0.05) is 6.04 Å². The van der Waals surface area contributed by atoms with Crippen LogP contribution in [0.15, 0.2) is 16.8 Å². The van der Waals surface area contributed by atoms with E-state index in [1.807, 2.05) is 0 Å². The Bertz CT molecular complexity index is 169. The first-order chi connectivity index (χ1) is 4.84. The SMILES string of the molecule is CCCC(N)c1ccsc1. The summed E-state index contributed by atoms with van der Waals surface area (Å²) in [5.74, 6) is 0. The van der Waals surface area contributed by atoms with Gasteiger partial charge in [0.25, 0.3) is 0 Å². The molecule has 2 N–H and O–H groups in total. The largest absolute Gasteiger partial charge is 0.324 e. The maximum atomic E-state index is 5.86. The molecule has 0 fully saturated rings. The maximum absolute atomic E-state index is 5.86. The standard InChI is InChI=1S/C8H13NS/c1-2-3-8(9)7-4-5-10-6-7/h4-6,8H,2-3,9H2,1H3. The topological polar surface area (TPSA) is 26.0 Å². The van der Waals surface area contributed by atoms with Crippen LogP contribution >= 0.6 is 11.3 Å². The summed E-state index contributed by atoms with van der Waals surface area (Å²) in [6, 6.07) is 2.36. The van der Waals surface area contributed by atoms with E-state index in [1.54, 1.807) is 11.3 Å². The van der Waals surface area contributed by atoms with Crippen molar-refractivity contribution in [2.45, 2.75) is 25.8 Å². The molecule has 0 radical (unpaired) electrons. The molecular formula is C8H13NS. The molecule has 1 aromatic heterocycles. The summed E-state index contributed by atoms with van der Waals surface area (Å²) >= 11 is 1.71. The summed E-state index contributed by atoms with van der Waals surface area (Å²) < 4.78 is 0. The lowest BCUT2D eigenvalue weighted by Crippen LogP contribution is -2.07. The predicted octanol–water partition coefficient (Wildman–Crippen LogP) is 2.55. The number of nitrogens with two attached hydrogens (primary N) is 1. The van der Waals surface area contributed by atoms with E-state index in [9.17, 15) is 0 Å². The monoisotopic (exact) mass is 155 g/mol. The Morgan fingerprint density at radius 3 is 3.00 bits per heavy atom. The van der Waals surface area contributed by atoms with E-state index in [0.29, 0.717) is 0 Å². The molecule has 0 aliphatic heterocycles. The summed E-state index contributed by atoms with van der Waals surface area (Å²) in [5.41, 5.74) is 7.14. The number of thiophene rings is 1. The fourth-order valence-corrected chi connectivity index (χ4v) is 1.69. The molecule has 1 aromatic rings. The van der Waals surface area contributed by atoms with Crippen molar-refractivity contribution in [2.24, 2.45) is 5.73 Å². The summed E-state index contributed by atoms with van der Waals surface area (Å²) in [6.45, 7) is 2.16. The van der Waals surface area contributed by atoms with Gasteiger partial charge in [-0.1, -0.05) is 13.3 Å². The van der Waals surface area contributed by atoms with Gasteiger partial charge in [0.1, 0.15) is 0 Å². The smallest absolute Gasteiger partial charge is 0.0303 e. The van der Waals surface area contributed by atoms with Crippen LogP contribution in [0.5, 0.6) is 0 Å². The summed E-state index contributed by atoms with van der Waals surface area (Å²) in [7, 11) is 0. The fourth-order valence-electron chi connectivity index (χ4n) is 0.964. The van der Waals surface area contributed by atoms with Crippen LogP contribution in [0, 0.1) is 0 Å². The quantitative estimate of drug-likeness (QED) is 0.713. The van der Waals surface area contributed by atoms with Crippen LogP contribution in [0.2, 0.25) is 0 Å². The molecule has 1 unspecified atom stereocenters. The first-order valence-electron chi connectivity index (χ1n) is 3.62. The maximum Gasteiger partial charge on any atom is 0.0303 e. The molecule has 56 valence electrons. The molecule has 1 atom stereocenters. The minimum Gasteiger partial charge on any atom is -0.324 e. The highest BCUT2D eigenvalue weighted by Gasteiger charge is 2.02. The van der Waals surface area contributed by atoms with Crippen LogP contribution in [0.4, 0.5) is 0 Å². The molecule has 1 heterocycles. The Hall–Kier alpha value is -0.340. The lowest BCUT2D eigenvalue weighted by molar-refractivity contribution is 0.640. The van der Waals surface area contributed by atoms with Crippen molar-refractivity contribution in [1.82, 2.24) is 0 Å². The molecule has 0 saturated carbocycles. The lowest BCUT2D eigenvalue weighted by atomic mass is 10.1. The van der Waals surface area contributed by atoms with E-state index in [-0.39, 0.29) is 6.04 Å². The molecule has 0 aliphatic rings. The Morgan fingerprint density at radius 2 is 2.50 bits per heavy atom. The summed E-state index contributed by atoms with van der Waals surface area (Å²) in [6.07, 6.45) is 2.26. The van der Waals surface area contributed by atoms with Gasteiger partial charge in [0.2, 0.25) is 0 Å². The number of hydrogen-bond donors (Lipinski definition) is 1. The van der Waals surface area contributed by atoms with Crippen LogP contribution in [0.3, 0.4) is 0 Å². The first kappa shape index (κ1) is 7.76. The molecular weight excluding hydrogens is 142 g/mol. The van der Waals surface area contributed by atoms with Crippen LogP contribution in [0.25, 0.3) is 0 Å². The predicted molar refractivity (Wildman–Crippen MR) is 46.2 cm³/mol. The zero-order chi connectivity index (χ0) is 7.40. The van der Waals surface area contributed by atoms with Gasteiger partial charge < -0.3 is 5.73 Å². The molecule has 1 nitrogen and oxygen atoms in total. The molecule has 0 spiro atoms. The molecule has 0 aromatic carbocycles. The number of hydrogen-bond acceptors (Lipinski definition) is 2. The molecule has 0 aliphatic carbocycles. The van der Waals surface area contributed by atoms with Crippen molar-refractivity contribution in [1.29, 1.82) is 0 Å². The van der Waals surface area contributed by atoms with E-state index in [1.165, 1.54) is 5.56 Å². The van der Waals surface area contributed by atoms with Crippen LogP contribution < -0.4 is 5.73 Å². The van der Waals surface area contributed by atoms with E-state index in [2.05, 4.69) is 23.8 Å². The average Bonchev–Trinajstić information content (AvgIpc) is 2.38. The normalized spacial score (nSPS) is 13.4. The highest BCUT2D eigenvalue weighted by atomic mass is 32.1. The van der Waals surface area contributed by atoms with E-state index in [0.717, 1.165) is 12.8 Å². The van der Waals surface area contributed by atoms with Crippen molar-refractivity contribution < 1.29 is 0 Å². The van der Waals surface area contributed by atoms with E-state index >= 15 is 0 Å². The Labute approximate surface area is 65.9 Å². The third kappa shape index (κ3) is 1.82. The van der Waals surface area contributed by atoms with Gasteiger partial charge >= 0.3 is 0 Å². The van der Waals surface area contributed by atoms with Crippen molar-refractivity contribution in [3.05, 3.63) is 22.4 Å². The highest BCUT2D eigenvalue weighted by molar-refractivity contribution is 7.07. The second kappa shape index (κ2) is 3.74. The molecule has 10 heavy (non-hydrogen) atoms. The third-order valence-corrected chi connectivity index (χ3v) is 2.27. The Kier molecular flexibility index (Phi) is 2.90. The second-order valence-corrected chi connectivity index (χ2v) is 3.23. The fraction of sp³-hybridized carbons (Fsp3) is 0.500. The Morgan fingerprint density at radius 1 is 1.70 bits per heavy atom. The van der Waals surface area contributed by atoms with Crippen LogP contribution in [0.1, 0.15) is 31.4 Å². The van der Waals surface area contributed by atoms with Crippen LogP contribution in [-0.4, -0.2) is 0 Å². The minimum atomic E-state index is 0.260. The van der Waals surface area contributed by atoms with Crippen molar-refractivity contribution >= 4 is 11.3 Å². The van der Waals surface area contributed by atoms with E-state index in [4.69, 9.17) is 5.73 Å². The Balaban J connectivity index is 2.50. The molecule has 0 amide bonds. The van der Waals surface area contributed by atoms with Gasteiger partial charge in [-0.15, -0.1) is 0 Å². The summed E-state index contributed by atoms with van der Waals surface area (Å²) in [4.78, 5) is 0. The average molecular weight is 155 g/mol. The third-order valence-electron chi connectivity index (χ3n) is 1.57. The van der Waals surface area contributed by atoms with Crippen molar-refractivity contribution in [2.75, 3.05) is 0 Å². The lowest BCUT2D eigenvalue weighted by Gasteiger charge is -2.06. The van der Waals surface area contributed by atoms with Gasteiger partial charge in [0.15, 0.2) is 0 Å². The molecule has 2 heteroatoms. The van der Waals surface area contributed by atoms with Crippen molar-refractivity contribution in [3.8, 4) is 0 Å². The molecule has 0 bridgehead atoms. The van der Waals surface area contributed by atoms with Gasteiger partial charge in [-0.25, -0.2) is 0 Å². The second-order valence-electron chi connectivity index (χ2n) is 2.45. The molecule has 1 rings (SSSR count). The van der Waals surface area contributed by atoms with Gasteiger partial charge in [0.05, 0.1) is 0 Å². The number of rotatable bonds is 3. The summed E-state index contributed by atoms with van der Waals surface area (Å²) in [5, 5.41) is 4.20. The zero-order valence-electron chi connectivity index (χ0n) is 6.21. The van der Waals surface area contributed by atoms with Gasteiger partial charge in [-0.2, -0.15) is 11.3 Å². The zero-order valence-corrected chi connectivity index (χ0v) is 7.03. The van der Waals surface area contributed by atoms with Gasteiger partial charge in [-0.3, -0.25) is 0 Å². The highest BCUT2D eigenvalue weighted by Crippen LogP contribution is 2.17. The molecule has 0 saturated heterocycles. The minimum absolute atomic E-state index is 0.260. The van der Waals surface area contributed by atoms with E-state index < -0.39 is 0 Å². The first-order valence-corrected chi connectivity index (χ1v) is 4.56.